The molecule has 0 aliphatic rings. The summed E-state index contributed by atoms with van der Waals surface area (Å²) in [6, 6.07) is 3.67. The van der Waals surface area contributed by atoms with Crippen molar-refractivity contribution in [2.75, 3.05) is 13.1 Å². The Morgan fingerprint density at radius 2 is 1.89 bits per heavy atom. The highest BCUT2D eigenvalue weighted by atomic mass is 35.5. The summed E-state index contributed by atoms with van der Waals surface area (Å²) in [4.78, 5) is 10.9. The minimum Gasteiger partial charge on any atom is -0.478 e. The van der Waals surface area contributed by atoms with Gasteiger partial charge in [0.15, 0.2) is 0 Å². The monoisotopic (exact) mass is 291 g/mol. The zero-order valence-electron chi connectivity index (χ0n) is 10.1. The summed E-state index contributed by atoms with van der Waals surface area (Å²) < 4.78 is 25.6. The van der Waals surface area contributed by atoms with Crippen molar-refractivity contribution in [2.24, 2.45) is 0 Å². The number of sulfonamides is 1. The number of aromatic carboxylic acids is 1. The molecule has 1 rings (SSSR count). The predicted molar refractivity (Wildman–Crippen MR) is 68.5 cm³/mol. The molecule has 0 radical (unpaired) electrons. The molecule has 5 nitrogen and oxygen atoms in total. The van der Waals surface area contributed by atoms with Crippen LogP contribution in [-0.4, -0.2) is 36.9 Å². The minimum atomic E-state index is -3.66. The van der Waals surface area contributed by atoms with Crippen LogP contribution in [0.2, 0.25) is 5.02 Å². The van der Waals surface area contributed by atoms with Gasteiger partial charge in [-0.25, -0.2) is 13.2 Å². The summed E-state index contributed by atoms with van der Waals surface area (Å²) in [5.41, 5.74) is -0.218. The quantitative estimate of drug-likeness (QED) is 0.901. The van der Waals surface area contributed by atoms with E-state index in [9.17, 15) is 13.2 Å². The Morgan fingerprint density at radius 3 is 2.33 bits per heavy atom. The van der Waals surface area contributed by atoms with E-state index in [2.05, 4.69) is 0 Å². The average Bonchev–Trinajstić information content (AvgIpc) is 2.30. The van der Waals surface area contributed by atoms with Gasteiger partial charge in [-0.15, -0.1) is 0 Å². The van der Waals surface area contributed by atoms with E-state index >= 15 is 0 Å². The van der Waals surface area contributed by atoms with Gasteiger partial charge in [0.25, 0.3) is 0 Å². The molecule has 1 aromatic carbocycles. The van der Waals surface area contributed by atoms with E-state index in [1.54, 1.807) is 13.8 Å². The number of benzene rings is 1. The number of carbonyl (C=O) groups is 1. The highest BCUT2D eigenvalue weighted by Gasteiger charge is 2.23. The molecule has 0 saturated carbocycles. The van der Waals surface area contributed by atoms with Crippen LogP contribution >= 0.6 is 11.6 Å². The molecular formula is C11H14ClNO4S. The van der Waals surface area contributed by atoms with E-state index in [4.69, 9.17) is 16.7 Å². The lowest BCUT2D eigenvalue weighted by atomic mass is 10.2. The molecule has 1 N–H and O–H groups in total. The molecule has 0 unspecified atom stereocenters. The third kappa shape index (κ3) is 2.82. The van der Waals surface area contributed by atoms with Gasteiger partial charge in [-0.05, 0) is 18.2 Å². The second-order valence-electron chi connectivity index (χ2n) is 3.54. The first-order valence-corrected chi connectivity index (χ1v) is 7.19. The van der Waals surface area contributed by atoms with Crippen LogP contribution in [0.25, 0.3) is 0 Å². The number of halogens is 1. The number of nitrogens with zero attached hydrogens (tertiary/aromatic N) is 1. The molecule has 18 heavy (non-hydrogen) atoms. The van der Waals surface area contributed by atoms with Gasteiger partial charge in [0.2, 0.25) is 10.0 Å². The number of rotatable bonds is 5. The minimum absolute atomic E-state index is 0.0148. The second-order valence-corrected chi connectivity index (χ2v) is 5.88. The van der Waals surface area contributed by atoms with Crippen LogP contribution < -0.4 is 0 Å². The Balaban J connectivity index is 3.34. The molecule has 7 heteroatoms. The Hall–Kier alpha value is -1.11. The molecule has 0 spiro atoms. The smallest absolute Gasteiger partial charge is 0.337 e. The lowest BCUT2D eigenvalue weighted by Gasteiger charge is -2.18. The molecule has 0 amide bonds. The van der Waals surface area contributed by atoms with Crippen molar-refractivity contribution in [3.63, 3.8) is 0 Å². The summed E-state index contributed by atoms with van der Waals surface area (Å²) in [6.07, 6.45) is 0. The highest BCUT2D eigenvalue weighted by Crippen LogP contribution is 2.22. The van der Waals surface area contributed by atoms with Crippen LogP contribution in [0.1, 0.15) is 24.2 Å². The maximum Gasteiger partial charge on any atom is 0.337 e. The van der Waals surface area contributed by atoms with Crippen molar-refractivity contribution in [1.29, 1.82) is 0 Å². The third-order valence-corrected chi connectivity index (χ3v) is 4.89. The Morgan fingerprint density at radius 1 is 1.33 bits per heavy atom. The molecule has 0 aromatic heterocycles. The fraction of sp³-hybridized carbons (Fsp3) is 0.364. The largest absolute Gasteiger partial charge is 0.478 e. The Kier molecular flexibility index (Phi) is 4.72. The topological polar surface area (TPSA) is 74.7 Å². The predicted octanol–water partition coefficient (Wildman–Crippen LogP) is 2.07. The Labute approximate surface area is 111 Å². The fourth-order valence-corrected chi connectivity index (χ4v) is 3.22. The molecule has 0 bridgehead atoms. The van der Waals surface area contributed by atoms with Crippen LogP contribution in [0.4, 0.5) is 0 Å². The number of hydrogen-bond donors (Lipinski definition) is 1. The van der Waals surface area contributed by atoms with Crippen molar-refractivity contribution in [1.82, 2.24) is 4.31 Å². The van der Waals surface area contributed by atoms with E-state index in [1.165, 1.54) is 16.4 Å². The van der Waals surface area contributed by atoms with Gasteiger partial charge in [0, 0.05) is 13.1 Å². The molecule has 0 fully saturated rings. The molecule has 0 saturated heterocycles. The van der Waals surface area contributed by atoms with Crippen LogP contribution in [0.15, 0.2) is 23.1 Å². The molecular weight excluding hydrogens is 278 g/mol. The standard InChI is InChI=1S/C11H14ClNO4S/c1-3-13(4-2)18(16,17)8-5-6-10(12)9(7-8)11(14)15/h5-7H,3-4H2,1-2H3,(H,14,15). The van der Waals surface area contributed by atoms with Crippen molar-refractivity contribution in [2.45, 2.75) is 18.7 Å². The van der Waals surface area contributed by atoms with Gasteiger partial charge in [-0.3, -0.25) is 0 Å². The first kappa shape index (κ1) is 14.9. The van der Waals surface area contributed by atoms with E-state index in [1.807, 2.05) is 0 Å². The summed E-state index contributed by atoms with van der Waals surface area (Å²) in [5.74, 6) is -1.25. The first-order valence-electron chi connectivity index (χ1n) is 5.37. The summed E-state index contributed by atoms with van der Waals surface area (Å²) in [7, 11) is -3.66. The first-order chi connectivity index (χ1) is 8.34. The average molecular weight is 292 g/mol. The molecule has 1 aromatic rings. The maximum atomic E-state index is 12.2. The van der Waals surface area contributed by atoms with Crippen molar-refractivity contribution in [3.8, 4) is 0 Å². The van der Waals surface area contributed by atoms with Crippen molar-refractivity contribution >= 4 is 27.6 Å². The zero-order valence-corrected chi connectivity index (χ0v) is 11.6. The lowest BCUT2D eigenvalue weighted by Crippen LogP contribution is -2.30. The number of carboxylic acid groups (broad SMARTS) is 1. The van der Waals surface area contributed by atoms with Gasteiger partial charge in [-0.2, -0.15) is 4.31 Å². The summed E-state index contributed by atoms with van der Waals surface area (Å²) in [6.45, 7) is 4.08. The van der Waals surface area contributed by atoms with E-state index in [0.29, 0.717) is 13.1 Å². The lowest BCUT2D eigenvalue weighted by molar-refractivity contribution is 0.0697. The SMILES string of the molecule is CCN(CC)S(=O)(=O)c1ccc(Cl)c(C(=O)O)c1. The highest BCUT2D eigenvalue weighted by molar-refractivity contribution is 7.89. The third-order valence-electron chi connectivity index (χ3n) is 2.51. The number of carboxylic acids is 1. The van der Waals surface area contributed by atoms with Gasteiger partial charge >= 0.3 is 5.97 Å². The van der Waals surface area contributed by atoms with Gasteiger partial charge in [-0.1, -0.05) is 25.4 Å². The summed E-state index contributed by atoms with van der Waals surface area (Å²) >= 11 is 5.70. The molecule has 0 aliphatic heterocycles. The van der Waals surface area contributed by atoms with E-state index < -0.39 is 16.0 Å². The Bertz CT molecular complexity index is 552. The van der Waals surface area contributed by atoms with Crippen molar-refractivity contribution in [3.05, 3.63) is 28.8 Å². The second kappa shape index (κ2) is 5.69. The van der Waals surface area contributed by atoms with Crippen LogP contribution in [0.3, 0.4) is 0 Å². The number of hydrogen-bond acceptors (Lipinski definition) is 3. The van der Waals surface area contributed by atoms with E-state index in [-0.39, 0.29) is 15.5 Å². The summed E-state index contributed by atoms with van der Waals surface area (Å²) in [5, 5.41) is 8.93. The molecule has 100 valence electrons. The maximum absolute atomic E-state index is 12.2. The molecule has 0 heterocycles. The van der Waals surface area contributed by atoms with Crippen LogP contribution in [0.5, 0.6) is 0 Å². The molecule has 0 aliphatic carbocycles. The van der Waals surface area contributed by atoms with Crippen LogP contribution in [-0.2, 0) is 10.0 Å². The van der Waals surface area contributed by atoms with Gasteiger partial charge in [0.1, 0.15) is 0 Å². The molecule has 0 atom stereocenters. The van der Waals surface area contributed by atoms with Gasteiger partial charge < -0.3 is 5.11 Å². The fourth-order valence-electron chi connectivity index (χ4n) is 1.54. The normalized spacial score (nSPS) is 11.8. The van der Waals surface area contributed by atoms with Crippen molar-refractivity contribution < 1.29 is 18.3 Å². The van der Waals surface area contributed by atoms with E-state index in [0.717, 1.165) is 6.07 Å². The van der Waals surface area contributed by atoms with Crippen LogP contribution in [0, 0.1) is 0 Å². The zero-order chi connectivity index (χ0) is 13.9. The van der Waals surface area contributed by atoms with Gasteiger partial charge in [0.05, 0.1) is 15.5 Å².